The van der Waals surface area contributed by atoms with Crippen LogP contribution in [0.25, 0.3) is 0 Å². The van der Waals surface area contributed by atoms with E-state index in [9.17, 15) is 9.59 Å². The Morgan fingerprint density at radius 2 is 1.14 bits per heavy atom. The molecule has 8 atom stereocenters. The Labute approximate surface area is 81.4 Å². The summed E-state index contributed by atoms with van der Waals surface area (Å²) in [5.74, 6) is 3.50. The van der Waals surface area contributed by atoms with Crippen LogP contribution in [0.5, 0.6) is 0 Å². The summed E-state index contributed by atoms with van der Waals surface area (Å²) < 4.78 is 0. The molecule has 0 aromatic heterocycles. The lowest BCUT2D eigenvalue weighted by Crippen LogP contribution is -2.50. The van der Waals surface area contributed by atoms with Crippen molar-refractivity contribution in [2.45, 2.75) is 0 Å². The van der Waals surface area contributed by atoms with E-state index in [1.807, 2.05) is 0 Å². The molecule has 0 radical (unpaired) electrons. The van der Waals surface area contributed by atoms with Gasteiger partial charge in [-0.15, -0.1) is 0 Å². The number of Topliss-reactive ketones (excluding diaryl/α,β-unsaturated/α-hetero) is 2. The molecule has 70 valence electrons. The lowest BCUT2D eigenvalue weighted by atomic mass is 9.52. The third-order valence-corrected chi connectivity index (χ3v) is 5.64. The average molecular weight is 186 g/mol. The van der Waals surface area contributed by atoms with Gasteiger partial charge < -0.3 is 0 Å². The Morgan fingerprint density at radius 3 is 1.57 bits per heavy atom. The summed E-state index contributed by atoms with van der Waals surface area (Å²) in [6.07, 6.45) is 4.47. The van der Waals surface area contributed by atoms with E-state index in [0.717, 1.165) is 0 Å². The molecule has 0 bridgehead atoms. The number of allylic oxidation sites excluding steroid dienone is 2. The van der Waals surface area contributed by atoms with Crippen LogP contribution in [0, 0.1) is 47.3 Å². The molecule has 3 fully saturated rings. The first-order chi connectivity index (χ1) is 6.80. The number of rotatable bonds is 0. The second-order valence-electron chi connectivity index (χ2n) is 5.60. The number of carbonyl (C=O) groups is 2. The molecular weight excluding hydrogens is 176 g/mol. The van der Waals surface area contributed by atoms with Gasteiger partial charge in [0.2, 0.25) is 0 Å². The second-order valence-corrected chi connectivity index (χ2v) is 5.60. The minimum atomic E-state index is 0.113. The zero-order valence-electron chi connectivity index (χ0n) is 7.59. The zero-order chi connectivity index (χ0) is 9.19. The van der Waals surface area contributed by atoms with Crippen molar-refractivity contribution < 1.29 is 9.59 Å². The van der Waals surface area contributed by atoms with Crippen molar-refractivity contribution in [3.63, 3.8) is 0 Å². The van der Waals surface area contributed by atoms with Gasteiger partial charge in [0.15, 0.2) is 0 Å². The standard InChI is InChI=1S/C12H10O2/c13-11-7-3-1-2-4-6-5(3)9(11)10(6)12(14)8(4)7/h1-10H/t3-,4+,5-,6-,7+,8+,9+,10+/m1/s1. The molecule has 0 aromatic rings. The molecule has 0 aliphatic heterocycles. The van der Waals surface area contributed by atoms with Crippen LogP contribution < -0.4 is 0 Å². The van der Waals surface area contributed by atoms with Crippen molar-refractivity contribution in [1.29, 1.82) is 0 Å². The first kappa shape index (κ1) is 6.54. The summed E-state index contributed by atoms with van der Waals surface area (Å²) in [6, 6.07) is 0. The van der Waals surface area contributed by atoms with Gasteiger partial charge in [0.1, 0.15) is 11.6 Å². The van der Waals surface area contributed by atoms with Crippen molar-refractivity contribution in [3.05, 3.63) is 12.2 Å². The second kappa shape index (κ2) is 1.54. The van der Waals surface area contributed by atoms with Crippen molar-refractivity contribution >= 4 is 11.6 Å². The lowest BCUT2D eigenvalue weighted by molar-refractivity contribution is -0.145. The quantitative estimate of drug-likeness (QED) is 0.412. The summed E-state index contributed by atoms with van der Waals surface area (Å²) in [6.45, 7) is 0. The zero-order valence-corrected chi connectivity index (χ0v) is 7.59. The molecule has 0 heterocycles. The average Bonchev–Trinajstić information content (AvgIpc) is 2.40. The molecule has 0 aromatic carbocycles. The molecular formula is C12H10O2. The number of fused-ring (bicyclic) bond motifs is 9. The summed E-state index contributed by atoms with van der Waals surface area (Å²) in [5, 5.41) is 0. The topological polar surface area (TPSA) is 34.1 Å². The maximum atomic E-state index is 12.0. The fourth-order valence-electron chi connectivity index (χ4n) is 5.43. The predicted octanol–water partition coefficient (Wildman–Crippen LogP) is 0.678. The Hall–Kier alpha value is -0.920. The fourth-order valence-corrected chi connectivity index (χ4v) is 5.43. The predicted molar refractivity (Wildman–Crippen MR) is 47.1 cm³/mol. The minimum Gasteiger partial charge on any atom is -0.299 e. The summed E-state index contributed by atoms with van der Waals surface area (Å²) in [5.41, 5.74) is 0. The number of hydrogen-bond acceptors (Lipinski definition) is 2. The molecule has 0 amide bonds. The molecule has 0 saturated heterocycles. The van der Waals surface area contributed by atoms with E-state index >= 15 is 0 Å². The number of carbonyl (C=O) groups excluding carboxylic acids is 2. The van der Waals surface area contributed by atoms with Gasteiger partial charge in [0.25, 0.3) is 0 Å². The number of ketones is 2. The van der Waals surface area contributed by atoms with Gasteiger partial charge in [-0.25, -0.2) is 0 Å². The molecule has 14 heavy (non-hydrogen) atoms. The van der Waals surface area contributed by atoms with E-state index in [0.29, 0.717) is 35.2 Å². The van der Waals surface area contributed by atoms with Crippen LogP contribution in [-0.2, 0) is 9.59 Å². The summed E-state index contributed by atoms with van der Waals surface area (Å²) in [4.78, 5) is 24.0. The first-order valence-electron chi connectivity index (χ1n) is 5.56. The SMILES string of the molecule is O=C1[C@@H]2[C@H]3C(=O)[C@H]4[C@@H]5C=C[C@H]([C@H]14)[C@@H]2[C@@H]53. The third kappa shape index (κ3) is 0.358. The normalized spacial score (nSPS) is 69.4. The van der Waals surface area contributed by atoms with Crippen molar-refractivity contribution in [2.24, 2.45) is 47.3 Å². The van der Waals surface area contributed by atoms with Crippen LogP contribution >= 0.6 is 0 Å². The highest BCUT2D eigenvalue weighted by Crippen LogP contribution is 2.75. The van der Waals surface area contributed by atoms with Crippen LogP contribution in [0.3, 0.4) is 0 Å². The van der Waals surface area contributed by atoms with E-state index in [-0.39, 0.29) is 23.7 Å². The van der Waals surface area contributed by atoms with Crippen LogP contribution in [0.4, 0.5) is 0 Å². The van der Waals surface area contributed by atoms with Gasteiger partial charge in [0, 0.05) is 23.7 Å². The maximum absolute atomic E-state index is 12.0. The minimum absolute atomic E-state index is 0.113. The highest BCUT2D eigenvalue weighted by Gasteiger charge is 2.80. The lowest BCUT2D eigenvalue weighted by Gasteiger charge is -2.50. The van der Waals surface area contributed by atoms with E-state index in [1.165, 1.54) is 0 Å². The molecule has 4 aliphatic carbocycles. The molecule has 4 rings (SSSR count). The van der Waals surface area contributed by atoms with Crippen molar-refractivity contribution in [2.75, 3.05) is 0 Å². The van der Waals surface area contributed by atoms with Crippen LogP contribution in [0.15, 0.2) is 12.2 Å². The molecule has 0 N–H and O–H groups in total. The molecule has 0 unspecified atom stereocenters. The van der Waals surface area contributed by atoms with Crippen molar-refractivity contribution in [3.8, 4) is 0 Å². The Bertz CT molecular complexity index is 396. The Kier molecular flexibility index (Phi) is 0.718. The molecule has 2 nitrogen and oxygen atoms in total. The molecule has 3 saturated carbocycles. The molecule has 0 spiro atoms. The van der Waals surface area contributed by atoms with E-state index in [1.54, 1.807) is 0 Å². The summed E-state index contributed by atoms with van der Waals surface area (Å²) >= 11 is 0. The van der Waals surface area contributed by atoms with Gasteiger partial charge >= 0.3 is 0 Å². The highest BCUT2D eigenvalue weighted by molar-refractivity contribution is 6.06. The van der Waals surface area contributed by atoms with Crippen LogP contribution in [-0.4, -0.2) is 11.6 Å². The van der Waals surface area contributed by atoms with E-state index in [2.05, 4.69) is 12.2 Å². The number of hydrogen-bond donors (Lipinski definition) is 0. The van der Waals surface area contributed by atoms with Crippen LogP contribution in [0.2, 0.25) is 0 Å². The van der Waals surface area contributed by atoms with E-state index in [4.69, 9.17) is 0 Å². The van der Waals surface area contributed by atoms with Gasteiger partial charge in [-0.05, 0) is 23.7 Å². The van der Waals surface area contributed by atoms with Gasteiger partial charge in [-0.1, -0.05) is 12.2 Å². The fraction of sp³-hybridized carbons (Fsp3) is 0.667. The largest absolute Gasteiger partial charge is 0.299 e. The smallest absolute Gasteiger partial charge is 0.141 e. The Balaban J connectivity index is 1.91. The van der Waals surface area contributed by atoms with E-state index < -0.39 is 0 Å². The highest BCUT2D eigenvalue weighted by atomic mass is 16.1. The van der Waals surface area contributed by atoms with Gasteiger partial charge in [0.05, 0.1) is 0 Å². The van der Waals surface area contributed by atoms with Crippen molar-refractivity contribution in [1.82, 2.24) is 0 Å². The van der Waals surface area contributed by atoms with Gasteiger partial charge in [-0.2, -0.15) is 0 Å². The Morgan fingerprint density at radius 1 is 0.714 bits per heavy atom. The summed E-state index contributed by atoms with van der Waals surface area (Å²) in [7, 11) is 0. The van der Waals surface area contributed by atoms with Crippen LogP contribution in [0.1, 0.15) is 0 Å². The molecule has 4 aliphatic rings. The molecule has 2 heteroatoms. The third-order valence-electron chi connectivity index (χ3n) is 5.64. The monoisotopic (exact) mass is 186 g/mol. The maximum Gasteiger partial charge on any atom is 0.141 e. The first-order valence-corrected chi connectivity index (χ1v) is 5.56. The van der Waals surface area contributed by atoms with Gasteiger partial charge in [-0.3, -0.25) is 9.59 Å².